The van der Waals surface area contributed by atoms with E-state index in [9.17, 15) is 4.79 Å². The van der Waals surface area contributed by atoms with Crippen LogP contribution in [0.3, 0.4) is 0 Å². The van der Waals surface area contributed by atoms with Crippen molar-refractivity contribution in [3.8, 4) is 17.2 Å². The molecule has 0 unspecified atom stereocenters. The number of nitriles is 1. The molecule has 2 aromatic carbocycles. The molecule has 5 heteroatoms. The standard InChI is InChI=1S/C26H27N3O2/c1-19(2)18-24(26(30)29-17-14-27)31-25(22-6-4-3-5-7-22)23-10-8-20(9-11-23)21-12-15-28-16-13-21/h3-13,15-16,19,24-25H,17-18H2,1-2H3,(H,29,30)/t24-,25+/m0/s1. The van der Waals surface area contributed by atoms with E-state index in [1.807, 2.05) is 60.7 Å². The summed E-state index contributed by atoms with van der Waals surface area (Å²) in [7, 11) is 0. The summed E-state index contributed by atoms with van der Waals surface area (Å²) >= 11 is 0. The summed E-state index contributed by atoms with van der Waals surface area (Å²) in [5.41, 5.74) is 4.11. The summed E-state index contributed by atoms with van der Waals surface area (Å²) in [5, 5.41) is 11.5. The molecule has 1 amide bonds. The van der Waals surface area contributed by atoms with E-state index in [2.05, 4.69) is 36.3 Å². The minimum Gasteiger partial charge on any atom is -0.356 e. The highest BCUT2D eigenvalue weighted by Crippen LogP contribution is 2.30. The maximum atomic E-state index is 12.7. The summed E-state index contributed by atoms with van der Waals surface area (Å²) in [6, 6.07) is 24.0. The second kappa shape index (κ2) is 11.1. The van der Waals surface area contributed by atoms with E-state index in [0.717, 1.165) is 22.3 Å². The zero-order chi connectivity index (χ0) is 22.1. The van der Waals surface area contributed by atoms with E-state index in [4.69, 9.17) is 10.00 Å². The maximum absolute atomic E-state index is 12.7. The highest BCUT2D eigenvalue weighted by atomic mass is 16.5. The van der Waals surface area contributed by atoms with Gasteiger partial charge in [-0.05, 0) is 46.7 Å². The third-order valence-electron chi connectivity index (χ3n) is 4.95. The van der Waals surface area contributed by atoms with Gasteiger partial charge in [-0.3, -0.25) is 9.78 Å². The van der Waals surface area contributed by atoms with Crippen LogP contribution in [0.15, 0.2) is 79.1 Å². The van der Waals surface area contributed by atoms with Crippen LogP contribution in [0.25, 0.3) is 11.1 Å². The number of hydrogen-bond acceptors (Lipinski definition) is 4. The number of nitrogens with zero attached hydrogens (tertiary/aromatic N) is 2. The predicted octanol–water partition coefficient (Wildman–Crippen LogP) is 4.91. The normalized spacial score (nSPS) is 12.7. The van der Waals surface area contributed by atoms with Gasteiger partial charge in [0.05, 0.1) is 6.07 Å². The molecular formula is C26H27N3O2. The highest BCUT2D eigenvalue weighted by Gasteiger charge is 2.26. The monoisotopic (exact) mass is 413 g/mol. The molecule has 158 valence electrons. The van der Waals surface area contributed by atoms with Crippen LogP contribution in [0.4, 0.5) is 0 Å². The quantitative estimate of drug-likeness (QED) is 0.506. The summed E-state index contributed by atoms with van der Waals surface area (Å²) in [4.78, 5) is 16.8. The number of aromatic nitrogens is 1. The van der Waals surface area contributed by atoms with Crippen molar-refractivity contribution in [1.29, 1.82) is 5.26 Å². The number of carbonyl (C=O) groups excluding carboxylic acids is 1. The molecule has 1 aromatic heterocycles. The van der Waals surface area contributed by atoms with Crippen LogP contribution in [0, 0.1) is 17.2 Å². The lowest BCUT2D eigenvalue weighted by Crippen LogP contribution is -2.38. The van der Waals surface area contributed by atoms with Crippen LogP contribution in [-0.4, -0.2) is 23.5 Å². The van der Waals surface area contributed by atoms with Crippen LogP contribution in [0.5, 0.6) is 0 Å². The Morgan fingerprint density at radius 1 is 0.968 bits per heavy atom. The van der Waals surface area contributed by atoms with Crippen molar-refractivity contribution < 1.29 is 9.53 Å². The van der Waals surface area contributed by atoms with Gasteiger partial charge < -0.3 is 10.1 Å². The largest absolute Gasteiger partial charge is 0.356 e. The van der Waals surface area contributed by atoms with Gasteiger partial charge in [0.25, 0.3) is 0 Å². The molecule has 0 saturated carbocycles. The van der Waals surface area contributed by atoms with Gasteiger partial charge in [-0.2, -0.15) is 5.26 Å². The lowest BCUT2D eigenvalue weighted by atomic mass is 9.97. The number of benzene rings is 2. The smallest absolute Gasteiger partial charge is 0.250 e. The number of carbonyl (C=O) groups is 1. The molecule has 0 saturated heterocycles. The van der Waals surface area contributed by atoms with Gasteiger partial charge in [-0.1, -0.05) is 68.4 Å². The fourth-order valence-electron chi connectivity index (χ4n) is 3.43. The molecule has 3 aromatic rings. The maximum Gasteiger partial charge on any atom is 0.250 e. The first kappa shape index (κ1) is 22.2. The molecule has 0 aliphatic heterocycles. The first-order valence-corrected chi connectivity index (χ1v) is 10.4. The average molecular weight is 414 g/mol. The van der Waals surface area contributed by atoms with Crippen molar-refractivity contribution in [3.05, 3.63) is 90.3 Å². The van der Waals surface area contributed by atoms with Crippen molar-refractivity contribution in [2.75, 3.05) is 6.54 Å². The molecule has 31 heavy (non-hydrogen) atoms. The average Bonchev–Trinajstić information content (AvgIpc) is 2.81. The molecule has 3 rings (SSSR count). The van der Waals surface area contributed by atoms with E-state index in [-0.39, 0.29) is 18.4 Å². The van der Waals surface area contributed by atoms with Crippen molar-refractivity contribution in [3.63, 3.8) is 0 Å². The van der Waals surface area contributed by atoms with Gasteiger partial charge in [0.1, 0.15) is 18.8 Å². The Bertz CT molecular complexity index is 996. The first-order valence-electron chi connectivity index (χ1n) is 10.4. The Morgan fingerprint density at radius 3 is 2.19 bits per heavy atom. The molecule has 0 radical (unpaired) electrons. The first-order chi connectivity index (χ1) is 15.1. The highest BCUT2D eigenvalue weighted by molar-refractivity contribution is 5.81. The van der Waals surface area contributed by atoms with Crippen molar-refractivity contribution in [2.24, 2.45) is 5.92 Å². The molecule has 5 nitrogen and oxygen atoms in total. The second-order valence-electron chi connectivity index (χ2n) is 7.78. The SMILES string of the molecule is CC(C)C[C@H](O[C@H](c1ccccc1)c1ccc(-c2ccncc2)cc1)C(=O)NCC#N. The Kier molecular flexibility index (Phi) is 7.91. The van der Waals surface area contributed by atoms with Gasteiger partial charge in [0.2, 0.25) is 5.91 Å². The van der Waals surface area contributed by atoms with Gasteiger partial charge >= 0.3 is 0 Å². The van der Waals surface area contributed by atoms with Crippen LogP contribution < -0.4 is 5.32 Å². The van der Waals surface area contributed by atoms with Crippen molar-refractivity contribution >= 4 is 5.91 Å². The number of pyridine rings is 1. The van der Waals surface area contributed by atoms with Crippen molar-refractivity contribution in [1.82, 2.24) is 10.3 Å². The Hall–Kier alpha value is -3.49. The predicted molar refractivity (Wildman–Crippen MR) is 121 cm³/mol. The van der Waals surface area contributed by atoms with E-state index in [1.54, 1.807) is 12.4 Å². The minimum absolute atomic E-state index is 0.0343. The van der Waals surface area contributed by atoms with Crippen LogP contribution in [-0.2, 0) is 9.53 Å². The lowest BCUT2D eigenvalue weighted by molar-refractivity contribution is -0.136. The van der Waals surface area contributed by atoms with E-state index in [1.165, 1.54) is 0 Å². The fourth-order valence-corrected chi connectivity index (χ4v) is 3.43. The minimum atomic E-state index is -0.654. The van der Waals surface area contributed by atoms with Gasteiger partial charge in [-0.25, -0.2) is 0 Å². The fraction of sp³-hybridized carbons (Fsp3) is 0.269. The Morgan fingerprint density at radius 2 is 1.58 bits per heavy atom. The van der Waals surface area contributed by atoms with E-state index < -0.39 is 12.2 Å². The molecule has 0 bridgehead atoms. The number of rotatable bonds is 9. The van der Waals surface area contributed by atoms with Gasteiger partial charge in [-0.15, -0.1) is 0 Å². The molecule has 2 atom stereocenters. The number of hydrogen-bond donors (Lipinski definition) is 1. The lowest BCUT2D eigenvalue weighted by Gasteiger charge is -2.26. The molecule has 0 aliphatic rings. The Labute approximate surface area is 183 Å². The van der Waals surface area contributed by atoms with Crippen LogP contribution >= 0.6 is 0 Å². The summed E-state index contributed by atoms with van der Waals surface area (Å²) in [6.45, 7) is 4.07. The number of ether oxygens (including phenoxy) is 1. The summed E-state index contributed by atoms with van der Waals surface area (Å²) in [5.74, 6) is 0.00733. The third kappa shape index (κ3) is 6.24. The van der Waals surface area contributed by atoms with E-state index in [0.29, 0.717) is 6.42 Å². The Balaban J connectivity index is 1.91. The van der Waals surface area contributed by atoms with Gasteiger partial charge in [0, 0.05) is 12.4 Å². The molecule has 1 heterocycles. The molecule has 0 aliphatic carbocycles. The molecule has 1 N–H and O–H groups in total. The summed E-state index contributed by atoms with van der Waals surface area (Å²) < 4.78 is 6.41. The third-order valence-corrected chi connectivity index (χ3v) is 4.95. The zero-order valence-electron chi connectivity index (χ0n) is 17.9. The van der Waals surface area contributed by atoms with Crippen LogP contribution in [0.1, 0.15) is 37.5 Å². The zero-order valence-corrected chi connectivity index (χ0v) is 17.9. The van der Waals surface area contributed by atoms with Crippen molar-refractivity contribution in [2.45, 2.75) is 32.5 Å². The molecule has 0 spiro atoms. The molecular weight excluding hydrogens is 386 g/mol. The topological polar surface area (TPSA) is 75.0 Å². The van der Waals surface area contributed by atoms with Gasteiger partial charge in [0.15, 0.2) is 0 Å². The molecule has 0 fully saturated rings. The summed E-state index contributed by atoms with van der Waals surface area (Å²) in [6.07, 6.45) is 3.06. The number of amides is 1. The number of nitrogens with one attached hydrogen (secondary N) is 1. The van der Waals surface area contributed by atoms with Crippen LogP contribution in [0.2, 0.25) is 0 Å². The second-order valence-corrected chi connectivity index (χ2v) is 7.78. The van der Waals surface area contributed by atoms with E-state index >= 15 is 0 Å².